The maximum absolute atomic E-state index is 5.37. The van der Waals surface area contributed by atoms with Gasteiger partial charge in [0.05, 0.1) is 12.6 Å². The van der Waals surface area contributed by atoms with Crippen molar-refractivity contribution >= 4 is 16.7 Å². The molecule has 0 saturated heterocycles. The van der Waals surface area contributed by atoms with Crippen molar-refractivity contribution in [1.82, 2.24) is 4.98 Å². The summed E-state index contributed by atoms with van der Waals surface area (Å²) in [6, 6.07) is 18.3. The number of aromatic nitrogens is 1. The molecule has 3 heteroatoms. The third-order valence-corrected chi connectivity index (χ3v) is 3.58. The van der Waals surface area contributed by atoms with Gasteiger partial charge in [0, 0.05) is 17.5 Å². The average Bonchev–Trinajstić information content (AvgIpc) is 2.53. The van der Waals surface area contributed by atoms with Gasteiger partial charge in [-0.3, -0.25) is 0 Å². The topological polar surface area (TPSA) is 34.1 Å². The second-order valence-corrected chi connectivity index (χ2v) is 5.01. The fourth-order valence-corrected chi connectivity index (χ4v) is 2.47. The molecule has 0 aliphatic rings. The lowest BCUT2D eigenvalue weighted by atomic mass is 10.1. The molecule has 2 aromatic carbocycles. The Balaban J connectivity index is 1.85. The zero-order valence-corrected chi connectivity index (χ0v) is 12.3. The van der Waals surface area contributed by atoms with E-state index in [4.69, 9.17) is 4.74 Å². The molecule has 1 aromatic heterocycles. The molecule has 0 bridgehead atoms. The van der Waals surface area contributed by atoms with Crippen LogP contribution in [0.3, 0.4) is 0 Å². The summed E-state index contributed by atoms with van der Waals surface area (Å²) < 4.78 is 5.37. The highest BCUT2D eigenvalue weighted by Gasteiger charge is 2.04. The zero-order valence-electron chi connectivity index (χ0n) is 12.3. The van der Waals surface area contributed by atoms with Gasteiger partial charge in [0.25, 0.3) is 0 Å². The number of hydrogen-bond donors (Lipinski definition) is 1. The van der Waals surface area contributed by atoms with E-state index in [9.17, 15) is 0 Å². The number of nitrogens with zero attached hydrogens (tertiary/aromatic N) is 1. The van der Waals surface area contributed by atoms with Gasteiger partial charge in [-0.15, -0.1) is 0 Å². The molecule has 0 fully saturated rings. The third-order valence-electron chi connectivity index (χ3n) is 3.58. The van der Waals surface area contributed by atoms with E-state index in [0.717, 1.165) is 22.6 Å². The first kappa shape index (κ1) is 13.4. The van der Waals surface area contributed by atoms with E-state index in [1.807, 2.05) is 36.4 Å². The van der Waals surface area contributed by atoms with E-state index in [-0.39, 0.29) is 0 Å². The number of ether oxygens (including phenoxy) is 1. The fraction of sp³-hybridized carbons (Fsp3) is 0.167. The first-order valence-electron chi connectivity index (χ1n) is 7.00. The highest BCUT2D eigenvalue weighted by Crippen LogP contribution is 2.22. The summed E-state index contributed by atoms with van der Waals surface area (Å²) in [6.07, 6.45) is 0. The van der Waals surface area contributed by atoms with E-state index < -0.39 is 0 Å². The van der Waals surface area contributed by atoms with Gasteiger partial charge in [-0.2, -0.15) is 0 Å². The van der Waals surface area contributed by atoms with Crippen molar-refractivity contribution in [3.05, 3.63) is 65.7 Å². The number of aryl methyl sites for hydroxylation is 1. The summed E-state index contributed by atoms with van der Waals surface area (Å²) in [4.78, 5) is 4.65. The maximum Gasteiger partial charge on any atom is 0.127 e. The Kier molecular flexibility index (Phi) is 3.73. The second kappa shape index (κ2) is 5.83. The minimum atomic E-state index is 0.689. The molecule has 0 atom stereocenters. The molecule has 1 heterocycles. The van der Waals surface area contributed by atoms with E-state index in [2.05, 4.69) is 35.4 Å². The molecule has 0 saturated carbocycles. The first-order chi connectivity index (χ1) is 10.3. The van der Waals surface area contributed by atoms with Crippen molar-refractivity contribution in [2.24, 2.45) is 0 Å². The van der Waals surface area contributed by atoms with Crippen molar-refractivity contribution in [2.75, 3.05) is 12.4 Å². The van der Waals surface area contributed by atoms with Gasteiger partial charge in [-0.05, 0) is 30.7 Å². The van der Waals surface area contributed by atoms with Crippen molar-refractivity contribution < 1.29 is 4.74 Å². The number of hydrogen-bond acceptors (Lipinski definition) is 3. The molecule has 1 N–H and O–H groups in total. The van der Waals surface area contributed by atoms with Crippen LogP contribution in [0.2, 0.25) is 0 Å². The van der Waals surface area contributed by atoms with E-state index >= 15 is 0 Å². The average molecular weight is 278 g/mol. The summed E-state index contributed by atoms with van der Waals surface area (Å²) in [7, 11) is 1.69. The number of anilines is 1. The lowest BCUT2D eigenvalue weighted by molar-refractivity contribution is 0.410. The first-order valence-corrected chi connectivity index (χ1v) is 7.00. The minimum Gasteiger partial charge on any atom is -0.496 e. The summed E-state index contributed by atoms with van der Waals surface area (Å²) >= 11 is 0. The Morgan fingerprint density at radius 2 is 1.81 bits per heavy atom. The SMILES string of the molecule is COc1ccccc1CNc1cc(C)c2ccccc2n1. The van der Waals surface area contributed by atoms with Gasteiger partial charge in [0.2, 0.25) is 0 Å². The lowest BCUT2D eigenvalue weighted by Gasteiger charge is -2.11. The second-order valence-electron chi connectivity index (χ2n) is 5.01. The van der Waals surface area contributed by atoms with Crippen LogP contribution in [0.15, 0.2) is 54.6 Å². The molecule has 0 unspecified atom stereocenters. The number of rotatable bonds is 4. The highest BCUT2D eigenvalue weighted by molar-refractivity contribution is 5.83. The number of pyridine rings is 1. The van der Waals surface area contributed by atoms with Crippen LogP contribution >= 0.6 is 0 Å². The predicted molar refractivity (Wildman–Crippen MR) is 86.8 cm³/mol. The van der Waals surface area contributed by atoms with Crippen molar-refractivity contribution in [2.45, 2.75) is 13.5 Å². The maximum atomic E-state index is 5.37. The minimum absolute atomic E-state index is 0.689. The van der Waals surface area contributed by atoms with Gasteiger partial charge in [-0.25, -0.2) is 4.98 Å². The molecule has 21 heavy (non-hydrogen) atoms. The largest absolute Gasteiger partial charge is 0.496 e. The van der Waals surface area contributed by atoms with Gasteiger partial charge < -0.3 is 10.1 Å². The van der Waals surface area contributed by atoms with Crippen LogP contribution in [0.5, 0.6) is 5.75 Å². The monoisotopic (exact) mass is 278 g/mol. The third kappa shape index (κ3) is 2.82. The van der Waals surface area contributed by atoms with Gasteiger partial charge in [0.1, 0.15) is 11.6 Å². The molecule has 3 rings (SSSR count). The molecule has 0 amide bonds. The smallest absolute Gasteiger partial charge is 0.127 e. The van der Waals surface area contributed by atoms with Crippen molar-refractivity contribution in [3.63, 3.8) is 0 Å². The number of para-hydroxylation sites is 2. The lowest BCUT2D eigenvalue weighted by Crippen LogP contribution is -2.03. The van der Waals surface area contributed by atoms with Crippen LogP contribution in [0.1, 0.15) is 11.1 Å². The molecule has 3 aromatic rings. The quantitative estimate of drug-likeness (QED) is 0.778. The number of nitrogens with one attached hydrogen (secondary N) is 1. The molecule has 3 nitrogen and oxygen atoms in total. The Labute approximate surface area is 124 Å². The van der Waals surface area contributed by atoms with Gasteiger partial charge in [0.15, 0.2) is 0 Å². The molecule has 0 aliphatic heterocycles. The fourth-order valence-electron chi connectivity index (χ4n) is 2.47. The van der Waals surface area contributed by atoms with E-state index in [1.165, 1.54) is 10.9 Å². The van der Waals surface area contributed by atoms with Gasteiger partial charge >= 0.3 is 0 Å². The Morgan fingerprint density at radius 1 is 1.05 bits per heavy atom. The normalized spacial score (nSPS) is 10.6. The standard InChI is InChI=1S/C18H18N2O/c1-13-11-18(20-16-9-5-4-8-15(13)16)19-12-14-7-3-6-10-17(14)21-2/h3-11H,12H2,1-2H3,(H,19,20). The molecular weight excluding hydrogens is 260 g/mol. The number of methoxy groups -OCH3 is 1. The van der Waals surface area contributed by atoms with Crippen LogP contribution in [-0.2, 0) is 6.54 Å². The highest BCUT2D eigenvalue weighted by atomic mass is 16.5. The molecule has 106 valence electrons. The molecule has 0 aliphatic carbocycles. The summed E-state index contributed by atoms with van der Waals surface area (Å²) in [5.74, 6) is 1.78. The van der Waals surface area contributed by atoms with Crippen molar-refractivity contribution in [3.8, 4) is 5.75 Å². The van der Waals surface area contributed by atoms with Crippen LogP contribution in [0.4, 0.5) is 5.82 Å². The Hall–Kier alpha value is -2.55. The number of benzene rings is 2. The molecule has 0 spiro atoms. The predicted octanol–water partition coefficient (Wildman–Crippen LogP) is 4.16. The Morgan fingerprint density at radius 3 is 2.67 bits per heavy atom. The summed E-state index contributed by atoms with van der Waals surface area (Å²) in [5, 5.41) is 4.57. The summed E-state index contributed by atoms with van der Waals surface area (Å²) in [5.41, 5.74) is 3.36. The van der Waals surface area contributed by atoms with Crippen LogP contribution in [-0.4, -0.2) is 12.1 Å². The van der Waals surface area contributed by atoms with E-state index in [1.54, 1.807) is 7.11 Å². The Bertz CT molecular complexity index is 768. The van der Waals surface area contributed by atoms with Crippen LogP contribution < -0.4 is 10.1 Å². The summed E-state index contributed by atoms with van der Waals surface area (Å²) in [6.45, 7) is 2.80. The van der Waals surface area contributed by atoms with Crippen LogP contribution in [0, 0.1) is 6.92 Å². The zero-order chi connectivity index (χ0) is 14.7. The number of fused-ring (bicyclic) bond motifs is 1. The van der Waals surface area contributed by atoms with Gasteiger partial charge in [-0.1, -0.05) is 36.4 Å². The van der Waals surface area contributed by atoms with Crippen molar-refractivity contribution in [1.29, 1.82) is 0 Å². The molecular formula is C18H18N2O. The van der Waals surface area contributed by atoms with E-state index in [0.29, 0.717) is 6.54 Å². The molecule has 0 radical (unpaired) electrons. The van der Waals surface area contributed by atoms with Crippen LogP contribution in [0.25, 0.3) is 10.9 Å².